The molecule has 1 aromatic carbocycles. The number of benzene rings is 1. The molecule has 45 heavy (non-hydrogen) atoms. The van der Waals surface area contributed by atoms with E-state index in [0.717, 1.165) is 26.2 Å². The number of carbonyl (C=O) groups is 5. The van der Waals surface area contributed by atoms with E-state index in [-0.39, 0.29) is 46.7 Å². The number of rotatable bonds is 15. The van der Waals surface area contributed by atoms with Crippen LogP contribution in [0.1, 0.15) is 74.6 Å². The number of carbonyl (C=O) groups excluding carboxylic acids is 5. The zero-order chi connectivity index (χ0) is 32.8. The van der Waals surface area contributed by atoms with Gasteiger partial charge in [0.05, 0.1) is 23.3 Å². The summed E-state index contributed by atoms with van der Waals surface area (Å²) in [7, 11) is 0. The molecule has 0 aromatic heterocycles. The summed E-state index contributed by atoms with van der Waals surface area (Å²) in [5, 5.41) is 23.2. The third-order valence-corrected chi connectivity index (χ3v) is 9.43. The van der Waals surface area contributed by atoms with Crippen molar-refractivity contribution in [1.82, 2.24) is 36.4 Å². The summed E-state index contributed by atoms with van der Waals surface area (Å²) in [4.78, 5) is 69.0. The molecule has 4 atom stereocenters. The molecule has 4 rings (SSSR count). The third-order valence-electron chi connectivity index (χ3n) is 9.43. The van der Waals surface area contributed by atoms with Gasteiger partial charge in [0.2, 0.25) is 5.54 Å². The lowest BCUT2D eigenvalue weighted by atomic mass is 9.58. The molecular formula is C31H47N9O5. The van der Waals surface area contributed by atoms with E-state index in [9.17, 15) is 24.0 Å². The van der Waals surface area contributed by atoms with Crippen LogP contribution in [0.3, 0.4) is 0 Å². The molecule has 3 aliphatic rings. The van der Waals surface area contributed by atoms with Gasteiger partial charge in [-0.05, 0) is 70.6 Å². The van der Waals surface area contributed by atoms with Crippen LogP contribution in [0.15, 0.2) is 28.4 Å². The number of Topliss-reactive ketones (excluding diaryl/α,β-unsaturated/α-hetero) is 1. The molecule has 1 aliphatic carbocycles. The number of likely N-dealkylation sites (N-methyl/N-ethyl adjacent to an activating group) is 2. The Hall–Kier alpha value is -3.91. The molecule has 2 heterocycles. The predicted molar refractivity (Wildman–Crippen MR) is 169 cm³/mol. The fraction of sp³-hybridized carbons (Fsp3) is 0.645. The van der Waals surface area contributed by atoms with Gasteiger partial charge in [0.1, 0.15) is 0 Å². The highest BCUT2D eigenvalue weighted by atomic mass is 16.2. The van der Waals surface area contributed by atoms with Crippen LogP contribution in [0.4, 0.5) is 10.5 Å². The maximum absolute atomic E-state index is 13.2. The summed E-state index contributed by atoms with van der Waals surface area (Å²) in [5.41, 5.74) is -2.21. The number of nitrogens with one attached hydrogen (secondary N) is 5. The lowest BCUT2D eigenvalue weighted by Gasteiger charge is -2.57. The van der Waals surface area contributed by atoms with Crippen molar-refractivity contribution in [2.24, 2.45) is 10.2 Å². The van der Waals surface area contributed by atoms with Gasteiger partial charge in [-0.3, -0.25) is 19.2 Å². The Morgan fingerprint density at radius 1 is 0.867 bits per heavy atom. The first-order chi connectivity index (χ1) is 21.5. The first kappa shape index (κ1) is 34.0. The first-order valence-corrected chi connectivity index (χ1v) is 16.0. The van der Waals surface area contributed by atoms with E-state index < -0.39 is 22.8 Å². The van der Waals surface area contributed by atoms with Gasteiger partial charge in [0.15, 0.2) is 5.78 Å². The molecule has 2 saturated heterocycles. The molecule has 14 heteroatoms. The Balaban J connectivity index is 1.61. The van der Waals surface area contributed by atoms with Crippen molar-refractivity contribution < 1.29 is 24.0 Å². The van der Waals surface area contributed by atoms with Gasteiger partial charge < -0.3 is 36.4 Å². The number of fused-ring (bicyclic) bond motifs is 1. The molecule has 1 aromatic rings. The van der Waals surface area contributed by atoms with Crippen LogP contribution in [0.25, 0.3) is 0 Å². The molecule has 14 nitrogen and oxygen atoms in total. The standard InChI is InChI=1S/C31H47N9O5/c1-6-39(7-2)14-12-32-26(42)21-16-22(27(43)33-13-15-40(8-3)9-4)18-23(17-21)37-38-31(20(5)41)28(44)36-30(31)11-10-24-25(19-30)35-29(45)34-24/h16-18,24-25H,6-15,19H2,1-5H3,(H,32,42)(H,33,43)(H,36,44)(H2,34,35,45). The number of hydrogen-bond acceptors (Lipinski definition) is 9. The van der Waals surface area contributed by atoms with Crippen molar-refractivity contribution in [2.45, 2.75) is 77.0 Å². The highest BCUT2D eigenvalue weighted by molar-refractivity contribution is 6.17. The van der Waals surface area contributed by atoms with Crippen LogP contribution in [0.5, 0.6) is 0 Å². The Morgan fingerprint density at radius 3 is 1.89 bits per heavy atom. The second kappa shape index (κ2) is 14.5. The zero-order valence-corrected chi connectivity index (χ0v) is 27.0. The van der Waals surface area contributed by atoms with Crippen LogP contribution < -0.4 is 26.6 Å². The SMILES string of the molecule is CCN(CC)CCNC(=O)c1cc(N=NC2(C(C)=O)C(=O)NC23CCC2NC(=O)NC2C3)cc(C(=O)NCCN(CC)CC)c1. The summed E-state index contributed by atoms with van der Waals surface area (Å²) in [5.74, 6) is -1.78. The minimum Gasteiger partial charge on any atom is -0.351 e. The first-order valence-electron chi connectivity index (χ1n) is 16.0. The molecule has 5 N–H and O–H groups in total. The van der Waals surface area contributed by atoms with Crippen LogP contribution in [0.2, 0.25) is 0 Å². The van der Waals surface area contributed by atoms with Crippen molar-refractivity contribution in [3.8, 4) is 0 Å². The van der Waals surface area contributed by atoms with Gasteiger partial charge in [-0.25, -0.2) is 4.79 Å². The van der Waals surface area contributed by atoms with E-state index in [4.69, 9.17) is 0 Å². The number of amides is 5. The molecule has 5 amide bonds. The van der Waals surface area contributed by atoms with Crippen molar-refractivity contribution in [3.05, 3.63) is 29.3 Å². The molecule has 3 fully saturated rings. The molecular weight excluding hydrogens is 578 g/mol. The largest absolute Gasteiger partial charge is 0.351 e. The lowest BCUT2D eigenvalue weighted by molar-refractivity contribution is -0.155. The molecule has 0 bridgehead atoms. The third kappa shape index (κ3) is 7.01. The van der Waals surface area contributed by atoms with Gasteiger partial charge >= 0.3 is 6.03 Å². The van der Waals surface area contributed by atoms with E-state index in [1.54, 1.807) is 0 Å². The number of azo groups is 1. The van der Waals surface area contributed by atoms with Gasteiger partial charge in [-0.1, -0.05) is 27.7 Å². The van der Waals surface area contributed by atoms with E-state index >= 15 is 0 Å². The Labute approximate surface area is 264 Å². The van der Waals surface area contributed by atoms with Gasteiger partial charge in [0.25, 0.3) is 17.7 Å². The summed E-state index contributed by atoms with van der Waals surface area (Å²) >= 11 is 0. The number of hydrogen-bond donors (Lipinski definition) is 5. The van der Waals surface area contributed by atoms with Crippen molar-refractivity contribution in [1.29, 1.82) is 0 Å². The van der Waals surface area contributed by atoms with Crippen molar-refractivity contribution in [3.63, 3.8) is 0 Å². The Morgan fingerprint density at radius 2 is 1.40 bits per heavy atom. The molecule has 1 spiro atoms. The van der Waals surface area contributed by atoms with Crippen LogP contribution in [-0.4, -0.2) is 115 Å². The van der Waals surface area contributed by atoms with Gasteiger partial charge in [-0.2, -0.15) is 10.2 Å². The topological polar surface area (TPSA) is 177 Å². The fourth-order valence-electron chi connectivity index (χ4n) is 6.63. The molecule has 246 valence electrons. The van der Waals surface area contributed by atoms with Gasteiger partial charge in [0, 0.05) is 37.3 Å². The maximum Gasteiger partial charge on any atom is 0.315 e. The fourth-order valence-corrected chi connectivity index (χ4v) is 6.63. The van der Waals surface area contributed by atoms with E-state index in [1.807, 2.05) is 0 Å². The number of urea groups is 1. The summed E-state index contributed by atoms with van der Waals surface area (Å²) in [6, 6.07) is 3.86. The normalized spacial score (nSPS) is 25.5. The van der Waals surface area contributed by atoms with Gasteiger partial charge in [-0.15, -0.1) is 0 Å². The van der Waals surface area contributed by atoms with Crippen molar-refractivity contribution >= 4 is 35.2 Å². The van der Waals surface area contributed by atoms with E-state index in [1.165, 1.54) is 25.1 Å². The van der Waals surface area contributed by atoms with E-state index in [0.29, 0.717) is 45.4 Å². The van der Waals surface area contributed by atoms with Crippen molar-refractivity contribution in [2.75, 3.05) is 52.4 Å². The minimum atomic E-state index is -1.79. The second-order valence-corrected chi connectivity index (χ2v) is 11.9. The highest BCUT2D eigenvalue weighted by Crippen LogP contribution is 2.47. The highest BCUT2D eigenvalue weighted by Gasteiger charge is 2.72. The smallest absolute Gasteiger partial charge is 0.315 e. The number of ketones is 1. The number of nitrogens with zero attached hydrogens (tertiary/aromatic N) is 4. The minimum absolute atomic E-state index is 0.0954. The molecule has 0 radical (unpaired) electrons. The molecule has 2 aliphatic heterocycles. The predicted octanol–water partition coefficient (Wildman–Crippen LogP) is 1.34. The second-order valence-electron chi connectivity index (χ2n) is 11.9. The molecule has 1 saturated carbocycles. The average molecular weight is 626 g/mol. The quantitative estimate of drug-likeness (QED) is 0.111. The average Bonchev–Trinajstić information content (AvgIpc) is 3.40. The Kier molecular flexibility index (Phi) is 10.9. The van der Waals surface area contributed by atoms with Crippen LogP contribution in [0, 0.1) is 0 Å². The monoisotopic (exact) mass is 625 g/mol. The van der Waals surface area contributed by atoms with E-state index in [2.05, 4.69) is 74.3 Å². The van der Waals surface area contributed by atoms with Crippen LogP contribution in [-0.2, 0) is 9.59 Å². The summed E-state index contributed by atoms with van der Waals surface area (Å²) in [6.07, 6.45) is 1.29. The summed E-state index contributed by atoms with van der Waals surface area (Å²) in [6.45, 7) is 15.1. The molecule has 4 unspecified atom stereocenters. The zero-order valence-electron chi connectivity index (χ0n) is 27.0. The number of β-lactam (4-membered cyclic amide) rings is 1. The lowest BCUT2D eigenvalue weighted by Crippen LogP contribution is -2.84. The van der Waals surface area contributed by atoms with Crippen LogP contribution >= 0.6 is 0 Å². The maximum atomic E-state index is 13.2. The summed E-state index contributed by atoms with van der Waals surface area (Å²) < 4.78 is 0. The Bertz CT molecular complexity index is 1270.